The van der Waals surface area contributed by atoms with Crippen LogP contribution in [0.15, 0.2) is 24.5 Å². The van der Waals surface area contributed by atoms with E-state index in [1.807, 2.05) is 12.1 Å². The lowest BCUT2D eigenvalue weighted by molar-refractivity contribution is -0.122. The van der Waals surface area contributed by atoms with Crippen molar-refractivity contribution >= 4 is 45.3 Å². The number of hydrogen-bond acceptors (Lipinski definition) is 9. The van der Waals surface area contributed by atoms with Gasteiger partial charge in [0.15, 0.2) is 11.6 Å². The first kappa shape index (κ1) is 23.0. The summed E-state index contributed by atoms with van der Waals surface area (Å²) in [4.78, 5) is 34.2. The third-order valence-electron chi connectivity index (χ3n) is 8.44. The van der Waals surface area contributed by atoms with Gasteiger partial charge in [-0.15, -0.1) is 11.3 Å². The number of anilines is 2. The van der Waals surface area contributed by atoms with Crippen LogP contribution in [0.5, 0.6) is 0 Å². The molecule has 0 spiro atoms. The molecule has 0 unspecified atom stereocenters. The van der Waals surface area contributed by atoms with Gasteiger partial charge in [0.05, 0.1) is 29.0 Å². The molecule has 5 fully saturated rings. The molecule has 9 nitrogen and oxygen atoms in total. The van der Waals surface area contributed by atoms with Gasteiger partial charge in [-0.1, -0.05) is 0 Å². The van der Waals surface area contributed by atoms with Crippen LogP contribution < -0.4 is 16.0 Å². The van der Waals surface area contributed by atoms with E-state index < -0.39 is 0 Å². The van der Waals surface area contributed by atoms with Gasteiger partial charge in [0.25, 0.3) is 0 Å². The third-order valence-corrected chi connectivity index (χ3v) is 9.52. The zero-order valence-corrected chi connectivity index (χ0v) is 21.5. The quantitative estimate of drug-likeness (QED) is 0.492. The molecule has 5 aliphatic rings. The minimum Gasteiger partial charge on any atom is -0.378 e. The number of aromatic nitrogens is 4. The molecule has 10 heteroatoms. The molecule has 4 heterocycles. The van der Waals surface area contributed by atoms with Crippen LogP contribution in [0.2, 0.25) is 0 Å². The van der Waals surface area contributed by atoms with Crippen LogP contribution in [0, 0.1) is 17.8 Å². The van der Waals surface area contributed by atoms with Gasteiger partial charge in [-0.3, -0.25) is 4.79 Å². The lowest BCUT2D eigenvalue weighted by Gasteiger charge is -2.56. The topological polar surface area (TPSA) is 119 Å². The number of amides is 1. The summed E-state index contributed by atoms with van der Waals surface area (Å²) in [5.74, 6) is 4.07. The first-order chi connectivity index (χ1) is 18.0. The Kier molecular flexibility index (Phi) is 5.62. The van der Waals surface area contributed by atoms with E-state index in [0.717, 1.165) is 71.0 Å². The van der Waals surface area contributed by atoms with E-state index in [2.05, 4.69) is 20.2 Å². The van der Waals surface area contributed by atoms with Crippen molar-refractivity contribution in [2.24, 2.45) is 17.8 Å². The van der Waals surface area contributed by atoms with Gasteiger partial charge in [-0.25, -0.2) is 19.9 Å². The molecule has 37 heavy (non-hydrogen) atoms. The summed E-state index contributed by atoms with van der Waals surface area (Å²) >= 11 is 1.61. The normalized spacial score (nSPS) is 28.9. The monoisotopic (exact) mass is 517 g/mol. The van der Waals surface area contributed by atoms with Crippen LogP contribution in [0.4, 0.5) is 11.8 Å². The average molecular weight is 518 g/mol. The number of nitrogen functional groups attached to an aromatic ring is 1. The Morgan fingerprint density at radius 3 is 2.43 bits per heavy atom. The van der Waals surface area contributed by atoms with Crippen molar-refractivity contribution < 1.29 is 9.53 Å². The molecule has 3 N–H and O–H groups in total. The maximum Gasteiger partial charge on any atom is 0.244 e. The summed E-state index contributed by atoms with van der Waals surface area (Å²) in [7, 11) is 0. The van der Waals surface area contributed by atoms with Crippen molar-refractivity contribution in [2.45, 2.75) is 44.1 Å². The number of nitrogens with one attached hydrogen (secondary N) is 1. The van der Waals surface area contributed by atoms with Gasteiger partial charge in [0.2, 0.25) is 11.9 Å². The highest BCUT2D eigenvalue weighted by atomic mass is 32.1. The van der Waals surface area contributed by atoms with Crippen LogP contribution in [-0.4, -0.2) is 57.7 Å². The zero-order valence-electron chi connectivity index (χ0n) is 20.7. The minimum absolute atomic E-state index is 0.0126. The van der Waals surface area contributed by atoms with E-state index in [9.17, 15) is 4.79 Å². The van der Waals surface area contributed by atoms with Crippen LogP contribution in [0.3, 0.4) is 0 Å². The fourth-order valence-electron chi connectivity index (χ4n) is 7.31. The van der Waals surface area contributed by atoms with E-state index in [0.29, 0.717) is 24.6 Å². The summed E-state index contributed by atoms with van der Waals surface area (Å²) in [6.45, 7) is 2.85. The Labute approximate surface area is 219 Å². The Bertz CT molecular complexity index is 1330. The highest BCUT2D eigenvalue weighted by Crippen LogP contribution is 2.55. The van der Waals surface area contributed by atoms with Crippen molar-refractivity contribution in [3.05, 3.63) is 29.4 Å². The second-order valence-corrected chi connectivity index (χ2v) is 12.3. The van der Waals surface area contributed by atoms with E-state index >= 15 is 0 Å². The molecule has 0 radical (unpaired) electrons. The molecule has 4 bridgehead atoms. The molecule has 0 atom stereocenters. The number of hydrogen-bond donors (Lipinski definition) is 2. The number of nitrogens with two attached hydrogens (primary N) is 1. The van der Waals surface area contributed by atoms with E-state index in [-0.39, 0.29) is 17.4 Å². The Morgan fingerprint density at radius 1 is 1.08 bits per heavy atom. The molecule has 1 amide bonds. The third kappa shape index (κ3) is 4.46. The minimum atomic E-state index is 0.0126. The maximum atomic E-state index is 13.0. The molecule has 4 aliphatic carbocycles. The summed E-state index contributed by atoms with van der Waals surface area (Å²) in [6, 6.07) is 2.03. The molecular formula is C27H31N7O2S. The van der Waals surface area contributed by atoms with Crippen molar-refractivity contribution in [3.8, 4) is 11.4 Å². The first-order valence-corrected chi connectivity index (χ1v) is 14.1. The number of carbonyl (C=O) groups excluding carboxylic acids is 1. The van der Waals surface area contributed by atoms with Crippen molar-refractivity contribution in [2.75, 3.05) is 36.9 Å². The molecule has 1 saturated heterocycles. The van der Waals surface area contributed by atoms with Crippen molar-refractivity contribution in [3.63, 3.8) is 0 Å². The van der Waals surface area contributed by atoms with Gasteiger partial charge < -0.3 is 20.7 Å². The highest BCUT2D eigenvalue weighted by Gasteiger charge is 2.51. The van der Waals surface area contributed by atoms with Gasteiger partial charge in [-0.2, -0.15) is 0 Å². The summed E-state index contributed by atoms with van der Waals surface area (Å²) in [6.07, 6.45) is 14.4. The van der Waals surface area contributed by atoms with Crippen LogP contribution in [0.25, 0.3) is 27.7 Å². The molecule has 3 aromatic rings. The van der Waals surface area contributed by atoms with Crippen LogP contribution in [0.1, 0.15) is 43.4 Å². The number of nitrogens with zero attached hydrogens (tertiary/aromatic N) is 5. The van der Waals surface area contributed by atoms with E-state index in [1.165, 1.54) is 19.3 Å². The molecular weight excluding hydrogens is 486 g/mol. The average Bonchev–Trinajstić information content (AvgIpc) is 3.30. The number of rotatable bonds is 5. The first-order valence-electron chi connectivity index (χ1n) is 13.2. The second-order valence-electron chi connectivity index (χ2n) is 11.2. The fourth-order valence-corrected chi connectivity index (χ4v) is 8.33. The molecule has 4 saturated carbocycles. The summed E-state index contributed by atoms with van der Waals surface area (Å²) in [5, 5.41) is 3.43. The van der Waals surface area contributed by atoms with Gasteiger partial charge in [-0.05, 0) is 68.4 Å². The predicted molar refractivity (Wildman–Crippen MR) is 144 cm³/mol. The maximum absolute atomic E-state index is 13.0. The second kappa shape index (κ2) is 9.02. The summed E-state index contributed by atoms with van der Waals surface area (Å²) < 4.78 is 6.56. The number of fused-ring (bicyclic) bond motifs is 1. The number of carbonyl (C=O) groups is 1. The standard InChI is InChI=1S/C27H31N7O2S/c28-26-29-14-19(15-30-26)24-31-21-10-20(37-23(21)25(32-24)34-3-5-36-6-4-34)1-2-22(35)33-27-11-16-7-17(12-27)9-18(8-16)13-27/h1-2,10,14-18H,3-9,11-13H2,(H,33,35)(H2,28,29,30)/b2-1+. The molecule has 8 rings (SSSR count). The summed E-state index contributed by atoms with van der Waals surface area (Å²) in [5.41, 5.74) is 7.24. The lowest BCUT2D eigenvalue weighted by Crippen LogP contribution is -2.59. The zero-order chi connectivity index (χ0) is 25.0. The highest BCUT2D eigenvalue weighted by molar-refractivity contribution is 7.20. The van der Waals surface area contributed by atoms with Crippen molar-refractivity contribution in [1.29, 1.82) is 0 Å². The molecule has 3 aromatic heterocycles. The van der Waals surface area contributed by atoms with Crippen molar-refractivity contribution in [1.82, 2.24) is 25.3 Å². The number of morpholine rings is 1. The van der Waals surface area contributed by atoms with Gasteiger partial charge >= 0.3 is 0 Å². The largest absolute Gasteiger partial charge is 0.378 e. The van der Waals surface area contributed by atoms with Crippen LogP contribution in [-0.2, 0) is 9.53 Å². The van der Waals surface area contributed by atoms with E-state index in [1.54, 1.807) is 29.8 Å². The van der Waals surface area contributed by atoms with Gasteiger partial charge in [0, 0.05) is 42.0 Å². The Hall–Kier alpha value is -3.11. The number of thiophene rings is 1. The predicted octanol–water partition coefficient (Wildman–Crippen LogP) is 3.67. The van der Waals surface area contributed by atoms with Gasteiger partial charge in [0.1, 0.15) is 0 Å². The fraction of sp³-hybridized carbons (Fsp3) is 0.519. The molecule has 0 aromatic carbocycles. The number of ether oxygens (including phenoxy) is 1. The Balaban J connectivity index is 1.16. The van der Waals surface area contributed by atoms with E-state index in [4.69, 9.17) is 20.4 Å². The molecule has 1 aliphatic heterocycles. The van der Waals surface area contributed by atoms with Crippen LogP contribution >= 0.6 is 11.3 Å². The smallest absolute Gasteiger partial charge is 0.244 e. The SMILES string of the molecule is Nc1ncc(-c2nc(N3CCOCC3)c3sc(/C=C/C(=O)NC45CC6CC(CC(C6)C4)C5)cc3n2)cn1. The Morgan fingerprint density at radius 2 is 1.76 bits per heavy atom. The molecule has 192 valence electrons. The lowest BCUT2D eigenvalue weighted by atomic mass is 9.53.